The van der Waals surface area contributed by atoms with Crippen molar-refractivity contribution in [3.05, 3.63) is 0 Å². The van der Waals surface area contributed by atoms with Gasteiger partial charge in [0.2, 0.25) is 0 Å². The summed E-state index contributed by atoms with van der Waals surface area (Å²) in [4.78, 5) is 11.3. The van der Waals surface area contributed by atoms with Crippen molar-refractivity contribution in [2.75, 3.05) is 53.4 Å². The summed E-state index contributed by atoms with van der Waals surface area (Å²) in [6, 6.07) is 0.315. The van der Waals surface area contributed by atoms with Gasteiger partial charge >= 0.3 is 5.97 Å². The lowest BCUT2D eigenvalue weighted by atomic mass is 10.0. The first-order valence-electron chi connectivity index (χ1n) is 7.32. The number of hydrogen-bond donors (Lipinski definition) is 2. The Morgan fingerprint density at radius 2 is 1.62 bits per heavy atom. The van der Waals surface area contributed by atoms with Crippen molar-refractivity contribution in [3.8, 4) is 0 Å². The van der Waals surface area contributed by atoms with Gasteiger partial charge in [-0.2, -0.15) is 0 Å². The Hall–Kier alpha value is -0.730. The van der Waals surface area contributed by atoms with Gasteiger partial charge in [0, 0.05) is 13.2 Å². The monoisotopic (exact) mass is 305 g/mol. The summed E-state index contributed by atoms with van der Waals surface area (Å²) in [7, 11) is 1.63. The molecule has 1 atom stereocenters. The number of carbonyl (C=O) groups is 1. The molecule has 7 heteroatoms. The van der Waals surface area contributed by atoms with Crippen molar-refractivity contribution in [1.29, 1.82) is 0 Å². The fourth-order valence-electron chi connectivity index (χ4n) is 1.70. The van der Waals surface area contributed by atoms with Crippen LogP contribution in [0.4, 0.5) is 0 Å². The lowest BCUT2D eigenvalue weighted by molar-refractivity contribution is -0.147. The van der Waals surface area contributed by atoms with Crippen molar-refractivity contribution in [3.63, 3.8) is 0 Å². The number of ether oxygens (including phenoxy) is 4. The molecule has 0 aliphatic heterocycles. The van der Waals surface area contributed by atoms with Gasteiger partial charge in [0.25, 0.3) is 0 Å². The van der Waals surface area contributed by atoms with Crippen molar-refractivity contribution >= 4 is 5.97 Å². The van der Waals surface area contributed by atoms with Gasteiger partial charge in [-0.25, -0.2) is 0 Å². The SMILES string of the molecule is COCCOCCOCCOCC(C)(NC1CC1)C(=O)O. The summed E-state index contributed by atoms with van der Waals surface area (Å²) < 4.78 is 20.8. The Morgan fingerprint density at radius 1 is 1.10 bits per heavy atom. The van der Waals surface area contributed by atoms with E-state index in [-0.39, 0.29) is 6.61 Å². The number of carboxylic acids is 1. The molecule has 1 fully saturated rings. The maximum atomic E-state index is 11.3. The Bertz CT molecular complexity index is 297. The third kappa shape index (κ3) is 8.33. The van der Waals surface area contributed by atoms with E-state index in [2.05, 4.69) is 5.32 Å². The van der Waals surface area contributed by atoms with Gasteiger partial charge in [-0.3, -0.25) is 10.1 Å². The molecule has 0 heterocycles. The highest BCUT2D eigenvalue weighted by molar-refractivity contribution is 5.78. The fourth-order valence-corrected chi connectivity index (χ4v) is 1.70. The zero-order chi connectivity index (χ0) is 15.6. The zero-order valence-corrected chi connectivity index (χ0v) is 12.9. The second-order valence-electron chi connectivity index (χ2n) is 5.33. The minimum absolute atomic E-state index is 0.131. The summed E-state index contributed by atoms with van der Waals surface area (Å²) in [6.45, 7) is 4.71. The van der Waals surface area contributed by atoms with E-state index in [1.165, 1.54) is 0 Å². The van der Waals surface area contributed by atoms with Crippen molar-refractivity contribution in [2.24, 2.45) is 0 Å². The predicted octanol–water partition coefficient (Wildman–Crippen LogP) is 0.278. The van der Waals surface area contributed by atoms with Crippen LogP contribution in [-0.2, 0) is 23.7 Å². The van der Waals surface area contributed by atoms with E-state index in [0.717, 1.165) is 12.8 Å². The van der Waals surface area contributed by atoms with Gasteiger partial charge in [-0.1, -0.05) is 0 Å². The van der Waals surface area contributed by atoms with Crippen LogP contribution < -0.4 is 5.32 Å². The first-order chi connectivity index (χ1) is 10.1. The summed E-state index contributed by atoms with van der Waals surface area (Å²) in [6.07, 6.45) is 2.07. The Balaban J connectivity index is 1.97. The van der Waals surface area contributed by atoms with Gasteiger partial charge in [-0.05, 0) is 19.8 Å². The highest BCUT2D eigenvalue weighted by atomic mass is 16.6. The molecule has 124 valence electrons. The third-order valence-electron chi connectivity index (χ3n) is 3.14. The molecule has 0 aromatic heterocycles. The van der Waals surface area contributed by atoms with E-state index in [1.54, 1.807) is 14.0 Å². The highest BCUT2D eigenvalue weighted by Gasteiger charge is 2.38. The van der Waals surface area contributed by atoms with Crippen LogP contribution in [0.1, 0.15) is 19.8 Å². The maximum absolute atomic E-state index is 11.3. The molecule has 1 aliphatic carbocycles. The molecule has 0 bridgehead atoms. The lowest BCUT2D eigenvalue weighted by Crippen LogP contribution is -2.54. The largest absolute Gasteiger partial charge is 0.480 e. The second-order valence-corrected chi connectivity index (χ2v) is 5.33. The van der Waals surface area contributed by atoms with Crippen molar-refractivity contribution in [1.82, 2.24) is 5.32 Å². The summed E-state index contributed by atoms with van der Waals surface area (Å²) >= 11 is 0. The maximum Gasteiger partial charge on any atom is 0.326 e. The number of rotatable bonds is 14. The molecule has 0 aromatic carbocycles. The number of aliphatic carboxylic acids is 1. The third-order valence-corrected chi connectivity index (χ3v) is 3.14. The van der Waals surface area contributed by atoms with Crippen LogP contribution in [0, 0.1) is 0 Å². The van der Waals surface area contributed by atoms with Gasteiger partial charge in [0.05, 0.1) is 46.2 Å². The fraction of sp³-hybridized carbons (Fsp3) is 0.929. The first kappa shape index (κ1) is 18.3. The average molecular weight is 305 g/mol. The molecular formula is C14H27NO6. The highest BCUT2D eigenvalue weighted by Crippen LogP contribution is 2.22. The van der Waals surface area contributed by atoms with E-state index in [1.807, 2.05) is 0 Å². The predicted molar refractivity (Wildman–Crippen MR) is 76.5 cm³/mol. The Labute approximate surface area is 125 Å². The summed E-state index contributed by atoms with van der Waals surface area (Å²) in [5.41, 5.74) is -1.02. The lowest BCUT2D eigenvalue weighted by Gasteiger charge is -2.26. The molecule has 1 unspecified atom stereocenters. The quantitative estimate of drug-likeness (QED) is 0.446. The second kappa shape index (κ2) is 10.1. The Kier molecular flexibility index (Phi) is 8.79. The van der Waals surface area contributed by atoms with Crippen LogP contribution in [0.2, 0.25) is 0 Å². The molecule has 0 saturated heterocycles. The van der Waals surface area contributed by atoms with Gasteiger partial charge in [0.1, 0.15) is 5.54 Å². The van der Waals surface area contributed by atoms with E-state index < -0.39 is 11.5 Å². The van der Waals surface area contributed by atoms with E-state index >= 15 is 0 Å². The minimum Gasteiger partial charge on any atom is -0.480 e. The minimum atomic E-state index is -1.02. The van der Waals surface area contributed by atoms with Crippen LogP contribution in [0.3, 0.4) is 0 Å². The number of methoxy groups -OCH3 is 1. The first-order valence-corrected chi connectivity index (χ1v) is 7.32. The zero-order valence-electron chi connectivity index (χ0n) is 12.9. The van der Waals surface area contributed by atoms with Crippen molar-refractivity contribution < 1.29 is 28.8 Å². The van der Waals surface area contributed by atoms with E-state index in [4.69, 9.17) is 18.9 Å². The smallest absolute Gasteiger partial charge is 0.326 e. The topological polar surface area (TPSA) is 86.3 Å². The van der Waals surface area contributed by atoms with Crippen molar-refractivity contribution in [2.45, 2.75) is 31.3 Å². The normalized spacial score (nSPS) is 17.6. The van der Waals surface area contributed by atoms with Crippen LogP contribution in [0.15, 0.2) is 0 Å². The molecule has 0 amide bonds. The summed E-state index contributed by atoms with van der Waals surface area (Å²) in [5, 5.41) is 12.4. The van der Waals surface area contributed by atoms with Crippen LogP contribution in [-0.4, -0.2) is 76.0 Å². The number of carboxylic acid groups (broad SMARTS) is 1. The van der Waals surface area contributed by atoms with Gasteiger partial charge < -0.3 is 24.1 Å². The van der Waals surface area contributed by atoms with E-state index in [9.17, 15) is 9.90 Å². The summed E-state index contributed by atoms with van der Waals surface area (Å²) in [5.74, 6) is -0.887. The molecule has 1 rings (SSSR count). The number of nitrogens with one attached hydrogen (secondary N) is 1. The van der Waals surface area contributed by atoms with Gasteiger partial charge in [0.15, 0.2) is 0 Å². The molecule has 0 radical (unpaired) electrons. The van der Waals surface area contributed by atoms with E-state index in [0.29, 0.717) is 45.7 Å². The van der Waals surface area contributed by atoms with Gasteiger partial charge in [-0.15, -0.1) is 0 Å². The molecule has 1 aliphatic rings. The molecule has 2 N–H and O–H groups in total. The number of hydrogen-bond acceptors (Lipinski definition) is 6. The van der Waals surface area contributed by atoms with Crippen LogP contribution >= 0.6 is 0 Å². The molecule has 21 heavy (non-hydrogen) atoms. The molecule has 1 saturated carbocycles. The molecule has 7 nitrogen and oxygen atoms in total. The van der Waals surface area contributed by atoms with Crippen LogP contribution in [0.25, 0.3) is 0 Å². The average Bonchev–Trinajstić information content (AvgIpc) is 3.24. The molecular weight excluding hydrogens is 278 g/mol. The molecule has 0 aromatic rings. The van der Waals surface area contributed by atoms with Crippen LogP contribution in [0.5, 0.6) is 0 Å². The standard InChI is InChI=1S/C14H27NO6/c1-14(13(16)17,15-12-3-4-12)11-21-10-9-20-8-7-19-6-5-18-2/h12,15H,3-11H2,1-2H3,(H,16,17). The Morgan fingerprint density at radius 3 is 2.10 bits per heavy atom. The molecule has 0 spiro atoms.